The molecule has 3 aromatic rings. The quantitative estimate of drug-likeness (QED) is 0.720. The predicted molar refractivity (Wildman–Crippen MR) is 101 cm³/mol. The molecule has 28 heavy (non-hydrogen) atoms. The molecule has 4 heterocycles. The Labute approximate surface area is 162 Å². The van der Waals surface area contributed by atoms with Gasteiger partial charge in [-0.15, -0.1) is 0 Å². The summed E-state index contributed by atoms with van der Waals surface area (Å²) >= 11 is 0. The third-order valence-corrected chi connectivity index (χ3v) is 4.79. The maximum atomic E-state index is 12.5. The first kappa shape index (κ1) is 18.3. The number of aromatic nitrogens is 5. The van der Waals surface area contributed by atoms with Crippen molar-refractivity contribution in [1.29, 1.82) is 0 Å². The summed E-state index contributed by atoms with van der Waals surface area (Å²) in [5.41, 5.74) is 2.23. The van der Waals surface area contributed by atoms with Crippen molar-refractivity contribution in [3.8, 4) is 11.4 Å². The summed E-state index contributed by atoms with van der Waals surface area (Å²) in [5.74, 6) is 0.525. The van der Waals surface area contributed by atoms with E-state index in [-0.39, 0.29) is 12.5 Å². The van der Waals surface area contributed by atoms with Gasteiger partial charge in [0.15, 0.2) is 5.69 Å². The van der Waals surface area contributed by atoms with Crippen molar-refractivity contribution in [2.45, 2.75) is 45.9 Å². The highest BCUT2D eigenvalue weighted by molar-refractivity contribution is 5.92. The van der Waals surface area contributed by atoms with Crippen LogP contribution in [0.15, 0.2) is 35.1 Å². The first-order valence-electron chi connectivity index (χ1n) is 9.42. The number of nitrogens with one attached hydrogen (secondary N) is 1. The van der Waals surface area contributed by atoms with E-state index < -0.39 is 0 Å². The third kappa shape index (κ3) is 3.94. The van der Waals surface area contributed by atoms with Crippen LogP contribution in [0.4, 0.5) is 0 Å². The molecule has 9 heteroatoms. The van der Waals surface area contributed by atoms with E-state index in [4.69, 9.17) is 4.52 Å². The molecule has 1 aliphatic rings. The molecule has 0 atom stereocenters. The van der Waals surface area contributed by atoms with Crippen molar-refractivity contribution < 1.29 is 9.32 Å². The van der Waals surface area contributed by atoms with Gasteiger partial charge in [-0.05, 0) is 38.5 Å². The number of aryl methyl sites for hydroxylation is 1. The summed E-state index contributed by atoms with van der Waals surface area (Å²) in [4.78, 5) is 23.2. The molecule has 0 aromatic carbocycles. The predicted octanol–water partition coefficient (Wildman–Crippen LogP) is 1.87. The second-order valence-corrected chi connectivity index (χ2v) is 7.10. The van der Waals surface area contributed by atoms with E-state index in [9.17, 15) is 4.79 Å². The second kappa shape index (κ2) is 7.89. The molecule has 0 unspecified atom stereocenters. The van der Waals surface area contributed by atoms with Crippen LogP contribution in [-0.4, -0.2) is 48.3 Å². The van der Waals surface area contributed by atoms with Gasteiger partial charge in [-0.1, -0.05) is 5.16 Å². The molecule has 0 saturated carbocycles. The van der Waals surface area contributed by atoms with Crippen LogP contribution in [0, 0.1) is 0 Å². The summed E-state index contributed by atoms with van der Waals surface area (Å²) in [5, 5.41) is 11.2. The fraction of sp³-hybridized carbons (Fsp3) is 0.421. The molecule has 0 radical (unpaired) electrons. The van der Waals surface area contributed by atoms with E-state index in [1.165, 1.54) is 0 Å². The number of nitrogens with zero attached hydrogens (tertiary/aromatic N) is 6. The van der Waals surface area contributed by atoms with Gasteiger partial charge >= 0.3 is 0 Å². The lowest BCUT2D eigenvalue weighted by Crippen LogP contribution is -2.30. The Bertz CT molecular complexity index is 948. The van der Waals surface area contributed by atoms with Gasteiger partial charge in [0.25, 0.3) is 5.91 Å². The Hall–Kier alpha value is -3.07. The van der Waals surface area contributed by atoms with Crippen LogP contribution < -0.4 is 5.32 Å². The minimum Gasteiger partial charge on any atom is -0.342 e. The smallest absolute Gasteiger partial charge is 0.272 e. The molecule has 1 amide bonds. The van der Waals surface area contributed by atoms with Gasteiger partial charge in [0.05, 0.1) is 12.2 Å². The summed E-state index contributed by atoms with van der Waals surface area (Å²) in [7, 11) is 0. The van der Waals surface area contributed by atoms with E-state index in [2.05, 4.69) is 44.3 Å². The fourth-order valence-electron chi connectivity index (χ4n) is 3.22. The highest BCUT2D eigenvalue weighted by Crippen LogP contribution is 2.16. The lowest BCUT2D eigenvalue weighted by atomic mass is 10.2. The number of pyridine rings is 1. The van der Waals surface area contributed by atoms with E-state index in [1.54, 1.807) is 18.5 Å². The molecule has 0 fully saturated rings. The highest BCUT2D eigenvalue weighted by Gasteiger charge is 2.21. The minimum atomic E-state index is -0.252. The van der Waals surface area contributed by atoms with Gasteiger partial charge < -0.3 is 9.84 Å². The van der Waals surface area contributed by atoms with Gasteiger partial charge in [-0.25, -0.2) is 0 Å². The standard InChI is InChI=1S/C19H23N7O2/c1-13(2)25-7-4-8-26-15(12-25)9-16(23-26)19(27)21-11-17-22-18(24-28-17)14-5-3-6-20-10-14/h3,5-6,9-10,13H,4,7-8,11-12H2,1-2H3,(H,21,27). The zero-order valence-electron chi connectivity index (χ0n) is 16.0. The monoisotopic (exact) mass is 381 g/mol. The first-order valence-corrected chi connectivity index (χ1v) is 9.42. The summed E-state index contributed by atoms with van der Waals surface area (Å²) in [6, 6.07) is 5.98. The molecule has 4 rings (SSSR count). The van der Waals surface area contributed by atoms with E-state index in [0.29, 0.717) is 23.5 Å². The average Bonchev–Trinajstić information content (AvgIpc) is 3.29. The van der Waals surface area contributed by atoms with Crippen molar-refractivity contribution in [3.05, 3.63) is 47.9 Å². The lowest BCUT2D eigenvalue weighted by Gasteiger charge is -2.23. The van der Waals surface area contributed by atoms with Crippen LogP contribution >= 0.6 is 0 Å². The van der Waals surface area contributed by atoms with Gasteiger partial charge in [0, 0.05) is 43.6 Å². The SMILES string of the molecule is CC(C)N1CCCn2nc(C(=O)NCc3nc(-c4cccnc4)no3)cc2C1. The molecule has 0 saturated heterocycles. The highest BCUT2D eigenvalue weighted by atomic mass is 16.5. The Morgan fingerprint density at radius 1 is 1.36 bits per heavy atom. The maximum Gasteiger partial charge on any atom is 0.272 e. The van der Waals surface area contributed by atoms with E-state index in [1.807, 2.05) is 16.8 Å². The molecular weight excluding hydrogens is 358 g/mol. The zero-order valence-corrected chi connectivity index (χ0v) is 16.0. The molecule has 146 valence electrons. The van der Waals surface area contributed by atoms with Crippen LogP contribution in [0.3, 0.4) is 0 Å². The molecule has 0 aliphatic carbocycles. The number of amides is 1. The van der Waals surface area contributed by atoms with Crippen LogP contribution in [0.2, 0.25) is 0 Å². The number of hydrogen-bond donors (Lipinski definition) is 1. The number of carbonyl (C=O) groups is 1. The maximum absolute atomic E-state index is 12.5. The number of rotatable bonds is 5. The summed E-state index contributed by atoms with van der Waals surface area (Å²) < 4.78 is 7.14. The normalized spacial score (nSPS) is 14.7. The van der Waals surface area contributed by atoms with Gasteiger partial charge in [0.1, 0.15) is 0 Å². The molecule has 0 bridgehead atoms. The van der Waals surface area contributed by atoms with Crippen molar-refractivity contribution in [2.75, 3.05) is 6.54 Å². The van der Waals surface area contributed by atoms with Crippen LogP contribution in [0.5, 0.6) is 0 Å². The van der Waals surface area contributed by atoms with Crippen molar-refractivity contribution >= 4 is 5.91 Å². The molecule has 0 spiro atoms. The van der Waals surface area contributed by atoms with Crippen LogP contribution in [0.1, 0.15) is 42.3 Å². The first-order chi connectivity index (χ1) is 13.6. The van der Waals surface area contributed by atoms with Crippen molar-refractivity contribution in [3.63, 3.8) is 0 Å². The Kier molecular flexibility index (Phi) is 5.16. The van der Waals surface area contributed by atoms with Gasteiger partial charge in [-0.2, -0.15) is 10.1 Å². The van der Waals surface area contributed by atoms with Crippen LogP contribution in [0.25, 0.3) is 11.4 Å². The molecule has 9 nitrogen and oxygen atoms in total. The number of fused-ring (bicyclic) bond motifs is 1. The Morgan fingerprint density at radius 2 is 2.25 bits per heavy atom. The average molecular weight is 381 g/mol. The van der Waals surface area contributed by atoms with E-state index in [0.717, 1.165) is 37.3 Å². The van der Waals surface area contributed by atoms with Crippen LogP contribution in [-0.2, 0) is 19.6 Å². The summed E-state index contributed by atoms with van der Waals surface area (Å²) in [6.07, 6.45) is 4.36. The van der Waals surface area contributed by atoms with Crippen molar-refractivity contribution in [2.24, 2.45) is 0 Å². The lowest BCUT2D eigenvalue weighted by molar-refractivity contribution is 0.0940. The molecule has 1 aliphatic heterocycles. The number of carbonyl (C=O) groups excluding carboxylic acids is 1. The van der Waals surface area contributed by atoms with Crippen molar-refractivity contribution in [1.82, 2.24) is 35.1 Å². The third-order valence-electron chi connectivity index (χ3n) is 4.79. The number of hydrogen-bond acceptors (Lipinski definition) is 7. The Morgan fingerprint density at radius 3 is 3.04 bits per heavy atom. The largest absolute Gasteiger partial charge is 0.342 e. The fourth-order valence-corrected chi connectivity index (χ4v) is 3.22. The van der Waals surface area contributed by atoms with E-state index >= 15 is 0 Å². The summed E-state index contributed by atoms with van der Waals surface area (Å²) in [6.45, 7) is 7.18. The molecule has 1 N–H and O–H groups in total. The van der Waals surface area contributed by atoms with Gasteiger partial charge in [-0.3, -0.25) is 19.4 Å². The topological polar surface area (TPSA) is 102 Å². The Balaban J connectivity index is 1.40. The second-order valence-electron chi connectivity index (χ2n) is 7.10. The molecular formula is C19H23N7O2. The zero-order chi connectivity index (χ0) is 19.5. The van der Waals surface area contributed by atoms with Gasteiger partial charge in [0.2, 0.25) is 11.7 Å². The minimum absolute atomic E-state index is 0.145. The molecule has 3 aromatic heterocycles.